The van der Waals surface area contributed by atoms with E-state index in [1.54, 1.807) is 11.7 Å². The molecule has 0 atom stereocenters. The molecule has 0 aliphatic heterocycles. The van der Waals surface area contributed by atoms with Crippen LogP contribution in [-0.2, 0) is 14.1 Å². The van der Waals surface area contributed by atoms with Crippen LogP contribution >= 0.6 is 0 Å². The van der Waals surface area contributed by atoms with Crippen molar-refractivity contribution in [3.8, 4) is 5.75 Å². The van der Waals surface area contributed by atoms with E-state index < -0.39 is 0 Å². The molecule has 0 spiro atoms. The van der Waals surface area contributed by atoms with Crippen molar-refractivity contribution in [2.45, 2.75) is 0 Å². The summed E-state index contributed by atoms with van der Waals surface area (Å²) < 4.78 is 8.39. The second kappa shape index (κ2) is 4.48. The van der Waals surface area contributed by atoms with Crippen LogP contribution in [-0.4, -0.2) is 32.5 Å². The highest BCUT2D eigenvalue weighted by molar-refractivity contribution is 6.15. The second-order valence-electron chi connectivity index (χ2n) is 4.50. The average molecular weight is 270 g/mol. The summed E-state index contributed by atoms with van der Waals surface area (Å²) in [4.78, 5) is 12.7. The van der Waals surface area contributed by atoms with E-state index in [9.17, 15) is 4.79 Å². The van der Waals surface area contributed by atoms with Crippen molar-refractivity contribution in [1.82, 2.24) is 19.6 Å². The van der Waals surface area contributed by atoms with Gasteiger partial charge in [0.05, 0.1) is 18.8 Å². The Morgan fingerprint density at radius 3 is 2.70 bits per heavy atom. The molecule has 0 fully saturated rings. The van der Waals surface area contributed by atoms with E-state index in [1.165, 1.54) is 18.0 Å². The third-order valence-corrected chi connectivity index (χ3v) is 3.31. The molecule has 0 saturated carbocycles. The summed E-state index contributed by atoms with van der Waals surface area (Å²) >= 11 is 0. The lowest BCUT2D eigenvalue weighted by Gasteiger charge is -2.02. The average Bonchev–Trinajstić information content (AvgIpc) is 3.00. The predicted molar refractivity (Wildman–Crippen MR) is 73.9 cm³/mol. The van der Waals surface area contributed by atoms with Gasteiger partial charge in [0, 0.05) is 19.5 Å². The first-order chi connectivity index (χ1) is 9.63. The molecule has 2 heterocycles. The van der Waals surface area contributed by atoms with Gasteiger partial charge in [-0.3, -0.25) is 14.2 Å². The normalized spacial score (nSPS) is 10.9. The van der Waals surface area contributed by atoms with E-state index in [1.807, 2.05) is 31.3 Å². The molecule has 102 valence electrons. The van der Waals surface area contributed by atoms with Crippen molar-refractivity contribution in [3.63, 3.8) is 0 Å². The minimum atomic E-state index is -0.196. The van der Waals surface area contributed by atoms with Crippen LogP contribution in [0.25, 0.3) is 10.9 Å². The van der Waals surface area contributed by atoms with Gasteiger partial charge in [-0.25, -0.2) is 0 Å². The number of hydrogen-bond acceptors (Lipinski definition) is 4. The minimum Gasteiger partial charge on any atom is -0.493 e. The highest BCUT2D eigenvalue weighted by Crippen LogP contribution is 2.24. The van der Waals surface area contributed by atoms with Crippen molar-refractivity contribution < 1.29 is 9.53 Å². The molecule has 3 aromatic rings. The van der Waals surface area contributed by atoms with Crippen LogP contribution in [0.3, 0.4) is 0 Å². The maximum atomic E-state index is 12.7. The van der Waals surface area contributed by atoms with Crippen LogP contribution in [0, 0.1) is 0 Å². The summed E-state index contributed by atoms with van der Waals surface area (Å²) in [5.41, 5.74) is 1.72. The predicted octanol–water partition coefficient (Wildman–Crippen LogP) is 1.55. The van der Waals surface area contributed by atoms with Gasteiger partial charge >= 0.3 is 0 Å². The van der Waals surface area contributed by atoms with Gasteiger partial charge in [0.25, 0.3) is 0 Å². The number of hydrogen-bond donors (Lipinski definition) is 0. The zero-order chi connectivity index (χ0) is 14.3. The van der Waals surface area contributed by atoms with Crippen LogP contribution in [0.4, 0.5) is 0 Å². The van der Waals surface area contributed by atoms with Gasteiger partial charge < -0.3 is 4.74 Å². The molecule has 2 aromatic heterocycles. The SMILES string of the molecule is COc1cnn(C)c1C(=O)c1nn(C)c2ccccc12. The molecule has 0 aliphatic carbocycles. The van der Waals surface area contributed by atoms with Crippen molar-refractivity contribution in [2.24, 2.45) is 14.1 Å². The summed E-state index contributed by atoms with van der Waals surface area (Å²) in [7, 11) is 5.05. The summed E-state index contributed by atoms with van der Waals surface area (Å²) in [5.74, 6) is 0.255. The fourth-order valence-electron chi connectivity index (χ4n) is 2.32. The molecule has 0 saturated heterocycles. The second-order valence-corrected chi connectivity index (χ2v) is 4.50. The van der Waals surface area contributed by atoms with E-state index in [0.29, 0.717) is 17.1 Å². The molecule has 0 bridgehead atoms. The number of aromatic nitrogens is 4. The molecule has 0 aliphatic rings. The Morgan fingerprint density at radius 1 is 1.20 bits per heavy atom. The van der Waals surface area contributed by atoms with Gasteiger partial charge in [0.15, 0.2) is 11.4 Å². The van der Waals surface area contributed by atoms with Crippen LogP contribution in [0.1, 0.15) is 16.2 Å². The highest BCUT2D eigenvalue weighted by atomic mass is 16.5. The van der Waals surface area contributed by atoms with Gasteiger partial charge in [-0.15, -0.1) is 0 Å². The standard InChI is InChI=1S/C14H14N4O2/c1-17-10-7-5-4-6-9(10)12(16-17)14(19)13-11(20-3)8-15-18(13)2/h4-8H,1-3H3. The lowest BCUT2D eigenvalue weighted by molar-refractivity contribution is 0.102. The lowest BCUT2D eigenvalue weighted by Crippen LogP contribution is -2.11. The number of para-hydroxylation sites is 1. The Kier molecular flexibility index (Phi) is 2.78. The molecule has 20 heavy (non-hydrogen) atoms. The number of fused-ring (bicyclic) bond motifs is 1. The van der Waals surface area contributed by atoms with Crippen molar-refractivity contribution in [1.29, 1.82) is 0 Å². The number of nitrogens with zero attached hydrogens (tertiary/aromatic N) is 4. The molecule has 0 N–H and O–H groups in total. The first kappa shape index (κ1) is 12.4. The van der Waals surface area contributed by atoms with Gasteiger partial charge in [-0.05, 0) is 6.07 Å². The van der Waals surface area contributed by atoms with Crippen molar-refractivity contribution >= 4 is 16.7 Å². The quantitative estimate of drug-likeness (QED) is 0.677. The molecular weight excluding hydrogens is 256 g/mol. The summed E-state index contributed by atoms with van der Waals surface area (Å²) in [5, 5.41) is 9.21. The summed E-state index contributed by atoms with van der Waals surface area (Å²) in [6.45, 7) is 0. The Balaban J connectivity index is 2.21. The van der Waals surface area contributed by atoms with E-state index in [0.717, 1.165) is 10.9 Å². The number of carbonyl (C=O) groups excluding carboxylic acids is 1. The topological polar surface area (TPSA) is 61.9 Å². The van der Waals surface area contributed by atoms with Crippen LogP contribution < -0.4 is 4.74 Å². The monoisotopic (exact) mass is 270 g/mol. The molecule has 6 heteroatoms. The smallest absolute Gasteiger partial charge is 0.235 e. The van der Waals surface area contributed by atoms with Gasteiger partial charge in [0.2, 0.25) is 5.78 Å². The fourth-order valence-corrected chi connectivity index (χ4v) is 2.32. The first-order valence-electron chi connectivity index (χ1n) is 6.16. The van der Waals surface area contributed by atoms with Crippen molar-refractivity contribution in [3.05, 3.63) is 41.9 Å². The van der Waals surface area contributed by atoms with E-state index in [-0.39, 0.29) is 5.78 Å². The number of ketones is 1. The number of benzene rings is 1. The number of rotatable bonds is 3. The third kappa shape index (κ3) is 1.69. The number of ether oxygens (including phenoxy) is 1. The van der Waals surface area contributed by atoms with Crippen LogP contribution in [0.15, 0.2) is 30.5 Å². The van der Waals surface area contributed by atoms with Crippen LogP contribution in [0.5, 0.6) is 5.75 Å². The largest absolute Gasteiger partial charge is 0.493 e. The number of methoxy groups -OCH3 is 1. The molecule has 3 rings (SSSR count). The minimum absolute atomic E-state index is 0.196. The van der Waals surface area contributed by atoms with Gasteiger partial charge in [0.1, 0.15) is 5.69 Å². The number of aryl methyl sites for hydroxylation is 2. The Hall–Kier alpha value is -2.63. The van der Waals surface area contributed by atoms with E-state index in [4.69, 9.17) is 4.74 Å². The van der Waals surface area contributed by atoms with Gasteiger partial charge in [-0.1, -0.05) is 18.2 Å². The maximum absolute atomic E-state index is 12.7. The van der Waals surface area contributed by atoms with Crippen molar-refractivity contribution in [2.75, 3.05) is 7.11 Å². The molecule has 0 unspecified atom stereocenters. The zero-order valence-corrected chi connectivity index (χ0v) is 11.5. The Morgan fingerprint density at radius 2 is 1.95 bits per heavy atom. The lowest BCUT2D eigenvalue weighted by atomic mass is 10.1. The van der Waals surface area contributed by atoms with E-state index in [2.05, 4.69) is 10.2 Å². The first-order valence-corrected chi connectivity index (χ1v) is 6.16. The third-order valence-electron chi connectivity index (χ3n) is 3.31. The molecular formula is C14H14N4O2. The Bertz CT molecular complexity index is 801. The van der Waals surface area contributed by atoms with Crippen LogP contribution in [0.2, 0.25) is 0 Å². The molecule has 1 aromatic carbocycles. The Labute approximate surface area is 115 Å². The molecule has 0 radical (unpaired) electrons. The zero-order valence-electron chi connectivity index (χ0n) is 11.5. The summed E-state index contributed by atoms with van der Waals surface area (Å²) in [6.07, 6.45) is 1.53. The highest BCUT2D eigenvalue weighted by Gasteiger charge is 2.24. The van der Waals surface area contributed by atoms with E-state index >= 15 is 0 Å². The number of carbonyl (C=O) groups is 1. The fraction of sp³-hybridized carbons (Fsp3) is 0.214. The summed E-state index contributed by atoms with van der Waals surface area (Å²) in [6, 6.07) is 7.63. The molecule has 0 amide bonds. The molecule has 6 nitrogen and oxygen atoms in total. The maximum Gasteiger partial charge on any atom is 0.235 e. The van der Waals surface area contributed by atoms with Gasteiger partial charge in [-0.2, -0.15) is 10.2 Å².